The van der Waals surface area contributed by atoms with Crippen LogP contribution < -0.4 is 0 Å². The van der Waals surface area contributed by atoms with E-state index in [-0.39, 0.29) is 11.6 Å². The Morgan fingerprint density at radius 1 is 0.759 bits per heavy atom. The molecule has 0 fully saturated rings. The molecule has 0 aliphatic heterocycles. The molecule has 0 radical (unpaired) electrons. The molecule has 0 N–H and O–H groups in total. The van der Waals surface area contributed by atoms with Crippen molar-refractivity contribution in [2.75, 3.05) is 0 Å². The van der Waals surface area contributed by atoms with Crippen LogP contribution in [0.1, 0.15) is 38.2 Å². The van der Waals surface area contributed by atoms with Gasteiger partial charge in [-0.15, -0.1) is 0 Å². The molecule has 29 heavy (non-hydrogen) atoms. The summed E-state index contributed by atoms with van der Waals surface area (Å²) in [4.78, 5) is 0. The predicted octanol–water partition coefficient (Wildman–Crippen LogP) is 7.82. The molecule has 0 saturated heterocycles. The largest absolute Gasteiger partial charge is 0.343 e. The zero-order valence-electron chi connectivity index (χ0n) is 16.9. The summed E-state index contributed by atoms with van der Waals surface area (Å²) in [5.41, 5.74) is 3.43. The van der Waals surface area contributed by atoms with Crippen LogP contribution in [0.3, 0.4) is 0 Å². The van der Waals surface area contributed by atoms with E-state index in [4.69, 9.17) is 0 Å². The topological polar surface area (TPSA) is 4.93 Å². The first-order chi connectivity index (χ1) is 14.0. The highest BCUT2D eigenvalue weighted by Crippen LogP contribution is 2.41. The number of benzene rings is 4. The lowest BCUT2D eigenvalue weighted by Crippen LogP contribution is -1.99. The van der Waals surface area contributed by atoms with Crippen molar-refractivity contribution < 1.29 is 8.78 Å². The number of nitrogens with zero attached hydrogens (tertiary/aromatic N) is 1. The minimum Gasteiger partial charge on any atom is -0.343 e. The quantitative estimate of drug-likeness (QED) is 0.297. The second-order valence-corrected chi connectivity index (χ2v) is 7.95. The summed E-state index contributed by atoms with van der Waals surface area (Å²) in [7, 11) is 2.07. The van der Waals surface area contributed by atoms with Crippen LogP contribution in [0.15, 0.2) is 54.6 Å². The molecular weight excluding hydrogens is 364 g/mol. The molecule has 1 nitrogen and oxygen atoms in total. The lowest BCUT2D eigenvalue weighted by atomic mass is 9.88. The van der Waals surface area contributed by atoms with Crippen molar-refractivity contribution in [3.63, 3.8) is 0 Å². The summed E-state index contributed by atoms with van der Waals surface area (Å²) in [5, 5.41) is 6.25. The third-order valence-corrected chi connectivity index (χ3v) is 6.46. The maximum absolute atomic E-state index is 14.2. The number of aryl methyl sites for hydroxylation is 1. The minimum atomic E-state index is -0.229. The Morgan fingerprint density at radius 2 is 1.41 bits per heavy atom. The Hall–Kier alpha value is -2.94. The van der Waals surface area contributed by atoms with Crippen LogP contribution in [-0.2, 0) is 7.05 Å². The fourth-order valence-electron chi connectivity index (χ4n) is 4.99. The Balaban J connectivity index is 2.03. The van der Waals surface area contributed by atoms with Gasteiger partial charge in [-0.3, -0.25) is 0 Å². The van der Waals surface area contributed by atoms with E-state index in [1.165, 1.54) is 11.6 Å². The van der Waals surface area contributed by atoms with Gasteiger partial charge in [-0.25, -0.2) is 8.78 Å². The molecular formula is C26H23F2N. The van der Waals surface area contributed by atoms with E-state index in [1.807, 2.05) is 18.2 Å². The number of hydrogen-bond acceptors (Lipinski definition) is 0. The zero-order valence-corrected chi connectivity index (χ0v) is 16.9. The fourth-order valence-corrected chi connectivity index (χ4v) is 4.99. The van der Waals surface area contributed by atoms with Gasteiger partial charge in [-0.2, -0.15) is 0 Å². The van der Waals surface area contributed by atoms with Crippen LogP contribution in [-0.4, -0.2) is 4.57 Å². The van der Waals surface area contributed by atoms with Gasteiger partial charge in [0.05, 0.1) is 5.52 Å². The van der Waals surface area contributed by atoms with Crippen LogP contribution in [0.5, 0.6) is 0 Å². The van der Waals surface area contributed by atoms with E-state index in [9.17, 15) is 8.78 Å². The Morgan fingerprint density at radius 3 is 2.14 bits per heavy atom. The number of hydrogen-bond donors (Lipinski definition) is 0. The second-order valence-electron chi connectivity index (χ2n) is 7.95. The smallest absolute Gasteiger partial charge is 0.123 e. The number of rotatable bonds is 3. The van der Waals surface area contributed by atoms with Crippen molar-refractivity contribution in [1.29, 1.82) is 0 Å². The van der Waals surface area contributed by atoms with Crippen molar-refractivity contribution in [2.24, 2.45) is 7.05 Å². The van der Waals surface area contributed by atoms with Crippen molar-refractivity contribution >= 4 is 43.4 Å². The lowest BCUT2D eigenvalue weighted by molar-refractivity contribution is 0.627. The molecule has 0 aliphatic rings. The van der Waals surface area contributed by atoms with Gasteiger partial charge in [0, 0.05) is 28.7 Å². The molecule has 3 heteroatoms. The van der Waals surface area contributed by atoms with Gasteiger partial charge in [0.2, 0.25) is 0 Å². The number of fused-ring (bicyclic) bond motifs is 7. The van der Waals surface area contributed by atoms with Gasteiger partial charge in [0.1, 0.15) is 11.6 Å². The Labute approximate surface area is 168 Å². The van der Waals surface area contributed by atoms with Gasteiger partial charge in [-0.05, 0) is 76.9 Å². The van der Waals surface area contributed by atoms with E-state index in [0.29, 0.717) is 5.92 Å². The first-order valence-corrected chi connectivity index (χ1v) is 10.3. The van der Waals surface area contributed by atoms with Gasteiger partial charge in [0.15, 0.2) is 0 Å². The van der Waals surface area contributed by atoms with E-state index in [2.05, 4.69) is 37.6 Å². The summed E-state index contributed by atoms with van der Waals surface area (Å²) in [5.74, 6) is -0.0506. The van der Waals surface area contributed by atoms with E-state index in [0.717, 1.165) is 56.2 Å². The highest BCUT2D eigenvalue weighted by molar-refractivity contribution is 6.25. The third kappa shape index (κ3) is 2.57. The van der Waals surface area contributed by atoms with Crippen molar-refractivity contribution in [2.45, 2.75) is 32.6 Å². The average Bonchev–Trinajstić information content (AvgIpc) is 3.01. The molecule has 1 aromatic heterocycles. The van der Waals surface area contributed by atoms with E-state index in [1.54, 1.807) is 18.2 Å². The molecule has 0 unspecified atom stereocenters. The summed E-state index contributed by atoms with van der Waals surface area (Å²) in [6.45, 7) is 4.38. The van der Waals surface area contributed by atoms with Gasteiger partial charge < -0.3 is 4.57 Å². The zero-order chi connectivity index (χ0) is 20.3. The molecule has 5 rings (SSSR count). The van der Waals surface area contributed by atoms with Gasteiger partial charge in [0.25, 0.3) is 0 Å². The standard InChI is InChI=1S/C26H23F2N/c1-4-15(5-2)22-14-24-25(20-11-8-18(28)13-23(20)22)21-9-6-16-12-17(27)7-10-19(16)26(21)29(24)3/h6-15H,4-5H2,1-3H3. The molecule has 146 valence electrons. The maximum Gasteiger partial charge on any atom is 0.123 e. The molecule has 1 heterocycles. The van der Waals surface area contributed by atoms with Crippen molar-refractivity contribution in [1.82, 2.24) is 4.57 Å². The molecule has 0 aliphatic carbocycles. The average molecular weight is 387 g/mol. The van der Waals surface area contributed by atoms with Crippen molar-refractivity contribution in [3.8, 4) is 0 Å². The summed E-state index contributed by atoms with van der Waals surface area (Å²) < 4.78 is 30.2. The molecule has 0 amide bonds. The van der Waals surface area contributed by atoms with Crippen LogP contribution in [0.25, 0.3) is 43.4 Å². The van der Waals surface area contributed by atoms with Crippen LogP contribution in [0.4, 0.5) is 8.78 Å². The van der Waals surface area contributed by atoms with Crippen LogP contribution in [0, 0.1) is 11.6 Å². The molecule has 0 atom stereocenters. The Kier molecular flexibility index (Phi) is 4.09. The first-order valence-electron chi connectivity index (χ1n) is 10.3. The molecule has 0 bridgehead atoms. The number of halogens is 2. The van der Waals surface area contributed by atoms with Crippen LogP contribution in [0.2, 0.25) is 0 Å². The van der Waals surface area contributed by atoms with E-state index < -0.39 is 0 Å². The molecule has 0 spiro atoms. The summed E-state index contributed by atoms with van der Waals surface area (Å²) >= 11 is 0. The molecule has 0 saturated carbocycles. The minimum absolute atomic E-state index is 0.204. The second kappa shape index (κ2) is 6.55. The first kappa shape index (κ1) is 18.1. The third-order valence-electron chi connectivity index (χ3n) is 6.46. The highest BCUT2D eigenvalue weighted by atomic mass is 19.1. The predicted molar refractivity (Wildman–Crippen MR) is 119 cm³/mol. The number of aromatic nitrogens is 1. The highest BCUT2D eigenvalue weighted by Gasteiger charge is 2.19. The fraction of sp³-hybridized carbons (Fsp3) is 0.231. The monoisotopic (exact) mass is 387 g/mol. The molecule has 4 aromatic carbocycles. The van der Waals surface area contributed by atoms with Crippen molar-refractivity contribution in [3.05, 3.63) is 71.8 Å². The lowest BCUT2D eigenvalue weighted by Gasteiger charge is -2.17. The van der Waals surface area contributed by atoms with Gasteiger partial charge in [-0.1, -0.05) is 32.0 Å². The van der Waals surface area contributed by atoms with E-state index >= 15 is 0 Å². The maximum atomic E-state index is 14.2. The summed E-state index contributed by atoms with van der Waals surface area (Å²) in [6.07, 6.45) is 2.03. The van der Waals surface area contributed by atoms with Crippen LogP contribution >= 0.6 is 0 Å². The summed E-state index contributed by atoms with van der Waals surface area (Å²) in [6, 6.07) is 16.4. The Bertz CT molecular complexity index is 1410. The normalized spacial score (nSPS) is 12.2. The SMILES string of the molecule is CCC(CC)c1cc2c(c3ccc(F)cc13)c1ccc3cc(F)ccc3c1n2C. The molecule has 5 aromatic rings. The van der Waals surface area contributed by atoms with Gasteiger partial charge >= 0.3 is 0 Å².